The number of hydrogen-bond donors (Lipinski definition) is 2. The van der Waals surface area contributed by atoms with E-state index in [2.05, 4.69) is 77.9 Å². The Morgan fingerprint density at radius 1 is 0.415 bits per heavy atom. The van der Waals surface area contributed by atoms with Crippen LogP contribution in [0.5, 0.6) is 11.5 Å². The van der Waals surface area contributed by atoms with Gasteiger partial charge in [-0.1, -0.05) is 36.4 Å². The number of benzene rings is 4. The van der Waals surface area contributed by atoms with Crippen molar-refractivity contribution in [3.8, 4) is 11.5 Å². The molecule has 204 valence electrons. The van der Waals surface area contributed by atoms with Crippen molar-refractivity contribution in [2.24, 2.45) is 0 Å². The Kier molecular flexibility index (Phi) is 4.04. The molecule has 0 saturated heterocycles. The lowest BCUT2D eigenvalue weighted by Crippen LogP contribution is -2.51. The largest absolute Gasteiger partial charge is 0.506 e. The normalized spacial score (nSPS) is 18.7. The summed E-state index contributed by atoms with van der Waals surface area (Å²) >= 11 is 0. The fourth-order valence-electron chi connectivity index (χ4n) is 8.51. The summed E-state index contributed by atoms with van der Waals surface area (Å²) in [5.74, 6) is 0.727. The molecule has 8 heteroatoms. The second-order valence-corrected chi connectivity index (χ2v) is 12.3. The number of rotatable bonds is 0. The lowest BCUT2D eigenvalue weighted by atomic mass is 9.90. The molecule has 0 fully saturated rings. The van der Waals surface area contributed by atoms with Crippen molar-refractivity contribution in [3.05, 3.63) is 94.0 Å². The molecule has 0 radical (unpaired) electrons. The summed E-state index contributed by atoms with van der Waals surface area (Å²) < 4.78 is 0. The van der Waals surface area contributed by atoms with Gasteiger partial charge >= 0.3 is 0 Å². The molecule has 0 aromatic heterocycles. The van der Waals surface area contributed by atoms with Crippen LogP contribution >= 0.6 is 0 Å². The Labute approximate surface area is 238 Å². The van der Waals surface area contributed by atoms with E-state index in [4.69, 9.17) is 0 Å². The van der Waals surface area contributed by atoms with Crippen molar-refractivity contribution < 1.29 is 10.2 Å². The van der Waals surface area contributed by atoms with Crippen LogP contribution < -0.4 is 29.4 Å². The number of aromatic hydroxyl groups is 2. The van der Waals surface area contributed by atoms with Crippen LogP contribution in [0.1, 0.15) is 33.4 Å². The minimum atomic E-state index is 0.363. The molecule has 41 heavy (non-hydrogen) atoms. The van der Waals surface area contributed by atoms with Gasteiger partial charge in [-0.25, -0.2) is 0 Å². The SMILES string of the molecule is Oc1cc2c(c3c1N1Cc4ccccc4N(C3)C1)N1Cc3c(c(O)cc4c3N3Cc5ccccc5N(C4)C3)N(C2)C1. The first-order valence-electron chi connectivity index (χ1n) is 14.5. The van der Waals surface area contributed by atoms with Crippen LogP contribution in [0.25, 0.3) is 0 Å². The van der Waals surface area contributed by atoms with Gasteiger partial charge in [0.2, 0.25) is 0 Å². The molecule has 0 aliphatic carbocycles. The number of phenolic OH excluding ortho intramolecular Hbond substituents is 2. The van der Waals surface area contributed by atoms with Crippen LogP contribution in [0.2, 0.25) is 0 Å². The monoisotopic (exact) mass is 542 g/mol. The van der Waals surface area contributed by atoms with Crippen molar-refractivity contribution in [3.63, 3.8) is 0 Å². The number of anilines is 6. The fourth-order valence-corrected chi connectivity index (χ4v) is 8.51. The molecule has 4 aromatic rings. The molecule has 0 atom stereocenters. The van der Waals surface area contributed by atoms with Gasteiger partial charge in [0.25, 0.3) is 0 Å². The van der Waals surface area contributed by atoms with Gasteiger partial charge < -0.3 is 39.6 Å². The second kappa shape index (κ2) is 7.51. The lowest BCUT2D eigenvalue weighted by molar-refractivity contribution is 0.462. The van der Waals surface area contributed by atoms with Crippen molar-refractivity contribution in [2.45, 2.75) is 39.3 Å². The fraction of sp³-hybridized carbons (Fsp3) is 0.273. The van der Waals surface area contributed by atoms with E-state index in [-0.39, 0.29) is 0 Å². The van der Waals surface area contributed by atoms with E-state index in [9.17, 15) is 10.2 Å². The van der Waals surface area contributed by atoms with Crippen LogP contribution in [-0.2, 0) is 39.3 Å². The smallest absolute Gasteiger partial charge is 0.139 e. The van der Waals surface area contributed by atoms with E-state index in [1.807, 2.05) is 12.1 Å². The Morgan fingerprint density at radius 3 is 1.39 bits per heavy atom. The Bertz CT molecular complexity index is 1820. The van der Waals surface area contributed by atoms with E-state index in [0.717, 1.165) is 69.7 Å². The third-order valence-electron chi connectivity index (χ3n) is 9.96. The second-order valence-electron chi connectivity index (χ2n) is 12.3. The van der Waals surface area contributed by atoms with Crippen molar-refractivity contribution in [1.82, 2.24) is 0 Å². The first kappa shape index (κ1) is 22.0. The summed E-state index contributed by atoms with van der Waals surface area (Å²) in [4.78, 5) is 14.5. The third-order valence-corrected chi connectivity index (χ3v) is 9.96. The molecule has 0 saturated carbocycles. The number of para-hydroxylation sites is 2. The maximum Gasteiger partial charge on any atom is 0.139 e. The molecule has 6 aliphatic rings. The Hall–Kier alpha value is -4.72. The summed E-state index contributed by atoms with van der Waals surface area (Å²) in [5.41, 5.74) is 14.5. The summed E-state index contributed by atoms with van der Waals surface area (Å²) in [6.07, 6.45) is 0. The third kappa shape index (κ3) is 2.84. The van der Waals surface area contributed by atoms with Gasteiger partial charge in [-0.3, -0.25) is 0 Å². The summed E-state index contributed by atoms with van der Waals surface area (Å²) in [7, 11) is 0. The zero-order valence-electron chi connectivity index (χ0n) is 22.7. The van der Waals surface area contributed by atoms with Crippen LogP contribution in [0.4, 0.5) is 34.1 Å². The van der Waals surface area contributed by atoms with E-state index >= 15 is 0 Å². The highest BCUT2D eigenvalue weighted by molar-refractivity contribution is 5.87. The highest BCUT2D eigenvalue weighted by Crippen LogP contribution is 2.54. The molecule has 6 bridgehead atoms. The molecule has 6 heterocycles. The number of fused-ring (bicyclic) bond motifs is 20. The standard InChI is InChI=1S/C33H30N6O2/c40-28-9-22-13-34-17-36(11-20-5-1-3-7-26(20)34)30(22)25-16-39-19-38(33(25)28)14-23-10-29(41)32-24(31(23)39)15-35-18-37(32)12-21-6-2-4-8-27(21)35/h1-10,40-41H,11-19H2. The molecule has 0 spiro atoms. The van der Waals surface area contributed by atoms with E-state index in [1.165, 1.54) is 50.6 Å². The van der Waals surface area contributed by atoms with E-state index in [1.54, 1.807) is 0 Å². The van der Waals surface area contributed by atoms with Gasteiger partial charge in [-0.15, -0.1) is 0 Å². The first-order valence-corrected chi connectivity index (χ1v) is 14.5. The predicted molar refractivity (Wildman–Crippen MR) is 161 cm³/mol. The molecule has 10 rings (SSSR count). The highest BCUT2D eigenvalue weighted by atomic mass is 16.3. The van der Waals surface area contributed by atoms with Gasteiger partial charge in [0.15, 0.2) is 0 Å². The minimum Gasteiger partial charge on any atom is -0.506 e. The average Bonchev–Trinajstić information content (AvgIpc) is 2.96. The van der Waals surface area contributed by atoms with Crippen molar-refractivity contribution in [2.75, 3.05) is 49.4 Å². The van der Waals surface area contributed by atoms with Crippen molar-refractivity contribution >= 4 is 34.1 Å². The molecule has 8 nitrogen and oxygen atoms in total. The average molecular weight is 543 g/mol. The lowest BCUT2D eigenvalue weighted by Gasteiger charge is -2.52. The van der Waals surface area contributed by atoms with E-state index in [0.29, 0.717) is 18.0 Å². The van der Waals surface area contributed by atoms with Gasteiger partial charge in [0, 0.05) is 61.8 Å². The summed E-state index contributed by atoms with van der Waals surface area (Å²) in [6.45, 7) is 7.04. The van der Waals surface area contributed by atoms with Crippen LogP contribution in [0.3, 0.4) is 0 Å². The Balaban J connectivity index is 1.10. The molecule has 4 aromatic carbocycles. The van der Waals surface area contributed by atoms with Crippen LogP contribution in [0.15, 0.2) is 60.7 Å². The Morgan fingerprint density at radius 2 is 0.805 bits per heavy atom. The maximum absolute atomic E-state index is 11.4. The topological polar surface area (TPSA) is 59.9 Å². The number of nitrogens with zero attached hydrogens (tertiary/aromatic N) is 6. The zero-order chi connectivity index (χ0) is 27.0. The molecule has 6 aliphatic heterocycles. The van der Waals surface area contributed by atoms with Crippen molar-refractivity contribution in [1.29, 1.82) is 0 Å². The molecule has 0 unspecified atom stereocenters. The molecule has 0 amide bonds. The van der Waals surface area contributed by atoms with Gasteiger partial charge in [-0.2, -0.15) is 0 Å². The van der Waals surface area contributed by atoms with Gasteiger partial charge in [-0.05, 0) is 46.5 Å². The number of phenols is 2. The highest BCUT2D eigenvalue weighted by Gasteiger charge is 2.42. The molecule has 2 N–H and O–H groups in total. The number of hydrogen-bond acceptors (Lipinski definition) is 8. The molecular weight excluding hydrogens is 512 g/mol. The predicted octanol–water partition coefficient (Wildman–Crippen LogP) is 4.99. The van der Waals surface area contributed by atoms with Crippen LogP contribution in [0, 0.1) is 0 Å². The van der Waals surface area contributed by atoms with Gasteiger partial charge in [0.1, 0.15) is 11.5 Å². The van der Waals surface area contributed by atoms with E-state index < -0.39 is 0 Å². The van der Waals surface area contributed by atoms with Gasteiger partial charge in [0.05, 0.1) is 42.8 Å². The minimum absolute atomic E-state index is 0.363. The summed E-state index contributed by atoms with van der Waals surface area (Å²) in [6, 6.07) is 21.3. The quantitative estimate of drug-likeness (QED) is 0.322. The maximum atomic E-state index is 11.4. The first-order chi connectivity index (χ1) is 20.1. The summed E-state index contributed by atoms with van der Waals surface area (Å²) in [5, 5.41) is 22.8. The molecular formula is C33H30N6O2. The van der Waals surface area contributed by atoms with Crippen LogP contribution in [-0.4, -0.2) is 30.2 Å². The zero-order valence-corrected chi connectivity index (χ0v) is 22.7.